The Bertz CT molecular complexity index is 692. The summed E-state index contributed by atoms with van der Waals surface area (Å²) >= 11 is 1.36. The van der Waals surface area contributed by atoms with Gasteiger partial charge in [-0.25, -0.2) is 9.79 Å². The summed E-state index contributed by atoms with van der Waals surface area (Å²) in [5.41, 5.74) is 1.19. The molecule has 26 heavy (non-hydrogen) atoms. The van der Waals surface area contributed by atoms with Gasteiger partial charge in [-0.1, -0.05) is 23.9 Å². The lowest BCUT2D eigenvalue weighted by Crippen LogP contribution is -2.44. The monoisotopic (exact) mass is 376 g/mol. The molecule has 0 spiro atoms. The fraction of sp³-hybridized carbons (Fsp3) is 0.500. The highest BCUT2D eigenvalue weighted by atomic mass is 32.2. The molecule has 1 saturated heterocycles. The van der Waals surface area contributed by atoms with Crippen molar-refractivity contribution in [1.29, 1.82) is 5.26 Å². The van der Waals surface area contributed by atoms with E-state index >= 15 is 0 Å². The molecular formula is C18H24N4O3S. The van der Waals surface area contributed by atoms with E-state index in [0.717, 1.165) is 11.3 Å². The number of benzene rings is 1. The number of carbonyl (C=O) groups excluding carboxylic acids is 1. The molecule has 0 bridgehead atoms. The SMILES string of the molecule is CSC(=Nc1ccc(C2CN(C(=O)OC(C)(C)C)CCO2)cc1)NC#N. The first-order chi connectivity index (χ1) is 12.3. The third-order valence-electron chi connectivity index (χ3n) is 3.57. The lowest BCUT2D eigenvalue weighted by atomic mass is 10.1. The molecule has 1 aliphatic rings. The summed E-state index contributed by atoms with van der Waals surface area (Å²) in [7, 11) is 0. The maximum atomic E-state index is 12.3. The van der Waals surface area contributed by atoms with Gasteiger partial charge in [0.1, 0.15) is 11.7 Å². The van der Waals surface area contributed by atoms with Crippen LogP contribution in [0.5, 0.6) is 0 Å². The zero-order valence-electron chi connectivity index (χ0n) is 15.5. The first-order valence-electron chi connectivity index (χ1n) is 8.29. The van der Waals surface area contributed by atoms with Crippen molar-refractivity contribution in [1.82, 2.24) is 10.2 Å². The van der Waals surface area contributed by atoms with Gasteiger partial charge in [-0.05, 0) is 44.7 Å². The number of amides is 1. The molecule has 8 heteroatoms. The summed E-state index contributed by atoms with van der Waals surface area (Å²) in [6, 6.07) is 7.57. The molecule has 1 aromatic rings. The minimum absolute atomic E-state index is 0.202. The number of hydrogen-bond donors (Lipinski definition) is 1. The number of nitrogens with one attached hydrogen (secondary N) is 1. The van der Waals surface area contributed by atoms with Crippen LogP contribution >= 0.6 is 11.8 Å². The Labute approximate surface area is 158 Å². The average molecular weight is 376 g/mol. The average Bonchev–Trinajstić information content (AvgIpc) is 2.60. The fourth-order valence-electron chi connectivity index (χ4n) is 2.40. The lowest BCUT2D eigenvalue weighted by molar-refractivity contribution is -0.0432. The predicted octanol–water partition coefficient (Wildman–Crippen LogP) is 3.42. The van der Waals surface area contributed by atoms with Crippen LogP contribution in [-0.2, 0) is 9.47 Å². The molecule has 140 valence electrons. The van der Waals surface area contributed by atoms with Crippen LogP contribution in [0.15, 0.2) is 29.3 Å². The molecule has 0 saturated carbocycles. The molecule has 1 unspecified atom stereocenters. The summed E-state index contributed by atoms with van der Waals surface area (Å²) in [6.07, 6.45) is 3.19. The Morgan fingerprint density at radius 1 is 1.42 bits per heavy atom. The van der Waals surface area contributed by atoms with Crippen LogP contribution in [0.25, 0.3) is 0 Å². The number of nitriles is 1. The van der Waals surface area contributed by atoms with E-state index in [9.17, 15) is 4.79 Å². The van der Waals surface area contributed by atoms with E-state index < -0.39 is 5.60 Å². The van der Waals surface area contributed by atoms with Crippen LogP contribution in [0, 0.1) is 11.5 Å². The van der Waals surface area contributed by atoms with Crippen LogP contribution in [0.2, 0.25) is 0 Å². The van der Waals surface area contributed by atoms with Gasteiger partial charge in [-0.2, -0.15) is 5.26 Å². The first-order valence-corrected chi connectivity index (χ1v) is 9.52. The van der Waals surface area contributed by atoms with Crippen LogP contribution < -0.4 is 5.32 Å². The maximum Gasteiger partial charge on any atom is 0.410 e. The second-order valence-electron chi connectivity index (χ2n) is 6.74. The highest BCUT2D eigenvalue weighted by molar-refractivity contribution is 8.13. The van der Waals surface area contributed by atoms with Gasteiger partial charge in [0.2, 0.25) is 0 Å². The first kappa shape index (κ1) is 20.1. The Kier molecular flexibility index (Phi) is 6.89. The summed E-state index contributed by atoms with van der Waals surface area (Å²) in [4.78, 5) is 18.3. The summed E-state index contributed by atoms with van der Waals surface area (Å²) < 4.78 is 11.2. The summed E-state index contributed by atoms with van der Waals surface area (Å²) in [5.74, 6) is 0. The normalized spacial score (nSPS) is 18.2. The maximum absolute atomic E-state index is 12.3. The van der Waals surface area contributed by atoms with Crippen molar-refractivity contribution in [2.24, 2.45) is 4.99 Å². The van der Waals surface area contributed by atoms with Gasteiger partial charge in [0.05, 0.1) is 18.8 Å². The van der Waals surface area contributed by atoms with E-state index in [1.807, 2.05) is 57.5 Å². The number of rotatable bonds is 2. The molecule has 2 rings (SSSR count). The molecule has 1 fully saturated rings. The van der Waals surface area contributed by atoms with Crippen LogP contribution in [-0.4, -0.2) is 47.7 Å². The fourth-order valence-corrected chi connectivity index (χ4v) is 2.74. The predicted molar refractivity (Wildman–Crippen MR) is 102 cm³/mol. The molecule has 0 radical (unpaired) electrons. The van der Waals surface area contributed by atoms with E-state index in [4.69, 9.17) is 14.7 Å². The molecule has 1 aliphatic heterocycles. The summed E-state index contributed by atoms with van der Waals surface area (Å²) in [6.45, 7) is 6.99. The van der Waals surface area contributed by atoms with Gasteiger partial charge in [-0.3, -0.25) is 5.32 Å². The molecule has 7 nitrogen and oxygen atoms in total. The highest BCUT2D eigenvalue weighted by Crippen LogP contribution is 2.25. The van der Waals surface area contributed by atoms with Crippen LogP contribution in [0.4, 0.5) is 10.5 Å². The largest absolute Gasteiger partial charge is 0.444 e. The topological polar surface area (TPSA) is 87.0 Å². The zero-order chi connectivity index (χ0) is 19.2. The molecule has 1 heterocycles. The van der Waals surface area contributed by atoms with E-state index in [1.165, 1.54) is 11.8 Å². The van der Waals surface area contributed by atoms with Gasteiger partial charge >= 0.3 is 6.09 Å². The van der Waals surface area contributed by atoms with E-state index in [1.54, 1.807) is 4.90 Å². The third kappa shape index (κ3) is 5.93. The van der Waals surface area contributed by atoms with Gasteiger partial charge in [0.25, 0.3) is 0 Å². The lowest BCUT2D eigenvalue weighted by Gasteiger charge is -2.34. The van der Waals surface area contributed by atoms with Crippen molar-refractivity contribution in [3.8, 4) is 6.19 Å². The van der Waals surface area contributed by atoms with Crippen molar-refractivity contribution < 1.29 is 14.3 Å². The number of ether oxygens (including phenoxy) is 2. The molecule has 0 aromatic heterocycles. The van der Waals surface area contributed by atoms with Gasteiger partial charge < -0.3 is 14.4 Å². The van der Waals surface area contributed by atoms with Crippen molar-refractivity contribution in [2.45, 2.75) is 32.5 Å². The Morgan fingerprint density at radius 2 is 2.12 bits per heavy atom. The van der Waals surface area contributed by atoms with Crippen molar-refractivity contribution in [3.05, 3.63) is 29.8 Å². The number of morpholine rings is 1. The van der Waals surface area contributed by atoms with Crippen LogP contribution in [0.1, 0.15) is 32.4 Å². The van der Waals surface area contributed by atoms with Crippen molar-refractivity contribution >= 4 is 28.7 Å². The Hall–Kier alpha value is -2.24. The highest BCUT2D eigenvalue weighted by Gasteiger charge is 2.28. The van der Waals surface area contributed by atoms with E-state index in [0.29, 0.717) is 24.9 Å². The molecule has 1 amide bonds. The van der Waals surface area contributed by atoms with Crippen LogP contribution in [0.3, 0.4) is 0 Å². The third-order valence-corrected chi connectivity index (χ3v) is 4.15. The number of hydrogen-bond acceptors (Lipinski definition) is 6. The second kappa shape index (κ2) is 8.92. The van der Waals surface area contributed by atoms with Gasteiger partial charge in [0, 0.05) is 6.54 Å². The number of carbonyl (C=O) groups is 1. The smallest absolute Gasteiger partial charge is 0.410 e. The number of aliphatic imine (C=N–C) groups is 1. The second-order valence-corrected chi connectivity index (χ2v) is 7.53. The zero-order valence-corrected chi connectivity index (χ0v) is 16.3. The minimum Gasteiger partial charge on any atom is -0.444 e. The van der Waals surface area contributed by atoms with Gasteiger partial charge in [-0.15, -0.1) is 0 Å². The Balaban J connectivity index is 2.04. The van der Waals surface area contributed by atoms with Crippen molar-refractivity contribution in [3.63, 3.8) is 0 Å². The quantitative estimate of drug-likeness (QED) is 0.368. The minimum atomic E-state index is -0.517. The van der Waals surface area contributed by atoms with E-state index in [2.05, 4.69) is 10.3 Å². The number of thioether (sulfide) groups is 1. The molecule has 1 atom stereocenters. The molecular weight excluding hydrogens is 352 g/mol. The molecule has 1 aromatic carbocycles. The Morgan fingerprint density at radius 3 is 2.69 bits per heavy atom. The molecule has 1 N–H and O–H groups in total. The van der Waals surface area contributed by atoms with Gasteiger partial charge in [0.15, 0.2) is 11.4 Å². The van der Waals surface area contributed by atoms with E-state index in [-0.39, 0.29) is 12.2 Å². The standard InChI is InChI=1S/C18H24N4O3S/c1-18(2,3)25-17(23)22-9-10-24-15(11-22)13-5-7-14(8-6-13)21-16(26-4)20-12-19/h5-8,15H,9-11H2,1-4H3,(H,20,21). The summed E-state index contributed by atoms with van der Waals surface area (Å²) in [5, 5.41) is 11.8. The van der Waals surface area contributed by atoms with Crippen molar-refractivity contribution in [2.75, 3.05) is 26.0 Å². The number of amidine groups is 1. The molecule has 0 aliphatic carbocycles. The number of nitrogens with zero attached hydrogens (tertiary/aromatic N) is 3.